The molecule has 5 nitrogen and oxygen atoms in total. The van der Waals surface area contributed by atoms with Gasteiger partial charge >= 0.3 is 0 Å². The Balaban J connectivity index is 1.44. The van der Waals surface area contributed by atoms with Crippen LogP contribution in [0.5, 0.6) is 0 Å². The van der Waals surface area contributed by atoms with Crippen molar-refractivity contribution in [1.29, 1.82) is 0 Å². The maximum absolute atomic E-state index is 14.5. The quantitative estimate of drug-likeness (QED) is 0.666. The van der Waals surface area contributed by atoms with Crippen LogP contribution in [0.1, 0.15) is 59.7 Å². The van der Waals surface area contributed by atoms with Crippen LogP contribution in [0.3, 0.4) is 0 Å². The molecular formula is C27H33F2N3O2. The molecule has 1 heterocycles. The fraction of sp³-hybridized carbons (Fsp3) is 0.481. The highest BCUT2D eigenvalue weighted by Crippen LogP contribution is 2.29. The van der Waals surface area contributed by atoms with E-state index in [0.29, 0.717) is 24.3 Å². The number of halogens is 2. The lowest BCUT2D eigenvalue weighted by molar-refractivity contribution is -0.140. The first-order valence-corrected chi connectivity index (χ1v) is 12.1. The highest BCUT2D eigenvalue weighted by Gasteiger charge is 2.33. The van der Waals surface area contributed by atoms with Crippen molar-refractivity contribution in [3.63, 3.8) is 0 Å². The molecule has 2 amide bonds. The fourth-order valence-corrected chi connectivity index (χ4v) is 5.21. The van der Waals surface area contributed by atoms with E-state index in [4.69, 9.17) is 0 Å². The number of carbonyl (C=O) groups excluding carboxylic acids is 2. The van der Waals surface area contributed by atoms with E-state index < -0.39 is 17.5 Å². The van der Waals surface area contributed by atoms with Gasteiger partial charge in [-0.3, -0.25) is 14.5 Å². The van der Waals surface area contributed by atoms with Gasteiger partial charge in [0.2, 0.25) is 5.91 Å². The normalized spacial score (nSPS) is 19.4. The van der Waals surface area contributed by atoms with Gasteiger partial charge in [-0.25, -0.2) is 8.78 Å². The molecule has 2 aliphatic rings. The Bertz CT molecular complexity index is 1080. The van der Waals surface area contributed by atoms with Crippen molar-refractivity contribution in [3.8, 4) is 0 Å². The largest absolute Gasteiger partial charge is 0.337 e. The SMILES string of the molecule is Cc1ccc(F)cc1C(=O)Nc1cc(F)cc(CN2CCN(C(=O)C3CCCC3)C(C)C2)c1C. The molecule has 2 aromatic carbocycles. The number of amides is 2. The highest BCUT2D eigenvalue weighted by molar-refractivity contribution is 6.05. The van der Waals surface area contributed by atoms with Gasteiger partial charge in [0.05, 0.1) is 0 Å². The van der Waals surface area contributed by atoms with Crippen LogP contribution in [0.15, 0.2) is 30.3 Å². The number of carbonyl (C=O) groups is 2. The standard InChI is InChI=1S/C27H33F2N3O2/c1-17-8-9-22(28)13-24(17)26(33)30-25-14-23(29)12-21(19(25)3)16-31-10-11-32(18(2)15-31)27(34)20-6-4-5-7-20/h8-9,12-14,18,20H,4-7,10-11,15-16H2,1-3H3,(H,30,33). The van der Waals surface area contributed by atoms with E-state index in [1.807, 2.05) is 11.8 Å². The first-order chi connectivity index (χ1) is 16.2. The first kappa shape index (κ1) is 24.3. The van der Waals surface area contributed by atoms with Crippen LogP contribution in [-0.2, 0) is 11.3 Å². The molecule has 1 aliphatic heterocycles. The van der Waals surface area contributed by atoms with E-state index in [2.05, 4.69) is 17.1 Å². The number of aryl methyl sites for hydroxylation is 1. The molecule has 0 spiro atoms. The second-order valence-electron chi connectivity index (χ2n) is 9.75. The molecule has 0 bridgehead atoms. The molecule has 182 valence electrons. The van der Waals surface area contributed by atoms with Crippen LogP contribution in [0, 0.1) is 31.4 Å². The second kappa shape index (κ2) is 10.2. The van der Waals surface area contributed by atoms with Gasteiger partial charge in [0.15, 0.2) is 0 Å². The molecule has 2 fully saturated rings. The van der Waals surface area contributed by atoms with Gasteiger partial charge in [0, 0.05) is 49.4 Å². The van der Waals surface area contributed by atoms with Crippen molar-refractivity contribution in [2.75, 3.05) is 25.0 Å². The van der Waals surface area contributed by atoms with Gasteiger partial charge in [-0.2, -0.15) is 0 Å². The third-order valence-electron chi connectivity index (χ3n) is 7.27. The lowest BCUT2D eigenvalue weighted by atomic mass is 10.0. The van der Waals surface area contributed by atoms with Crippen molar-refractivity contribution < 1.29 is 18.4 Å². The Morgan fingerprint density at radius 1 is 1.03 bits per heavy atom. The topological polar surface area (TPSA) is 52.7 Å². The van der Waals surface area contributed by atoms with Crippen molar-refractivity contribution >= 4 is 17.5 Å². The second-order valence-corrected chi connectivity index (χ2v) is 9.75. The summed E-state index contributed by atoms with van der Waals surface area (Å²) in [6.07, 6.45) is 4.28. The molecule has 1 N–H and O–H groups in total. The number of nitrogens with one attached hydrogen (secondary N) is 1. The maximum atomic E-state index is 14.5. The summed E-state index contributed by atoms with van der Waals surface area (Å²) in [5, 5.41) is 2.76. The minimum absolute atomic E-state index is 0.103. The smallest absolute Gasteiger partial charge is 0.256 e. The Morgan fingerprint density at radius 3 is 2.47 bits per heavy atom. The molecule has 0 radical (unpaired) electrons. The number of benzene rings is 2. The predicted octanol–water partition coefficient (Wildman–Crippen LogP) is 5.06. The minimum Gasteiger partial charge on any atom is -0.337 e. The summed E-state index contributed by atoms with van der Waals surface area (Å²) in [6, 6.07) is 6.94. The van der Waals surface area contributed by atoms with E-state index in [9.17, 15) is 18.4 Å². The van der Waals surface area contributed by atoms with Gasteiger partial charge in [-0.05, 0) is 74.6 Å². The Hall–Kier alpha value is -2.80. The number of rotatable bonds is 5. The molecular weight excluding hydrogens is 436 g/mol. The zero-order chi connectivity index (χ0) is 24.4. The molecule has 1 aliphatic carbocycles. The molecule has 7 heteroatoms. The molecule has 1 atom stereocenters. The third-order valence-corrected chi connectivity index (χ3v) is 7.27. The van der Waals surface area contributed by atoms with E-state index in [1.54, 1.807) is 13.0 Å². The molecule has 2 aromatic rings. The predicted molar refractivity (Wildman–Crippen MR) is 129 cm³/mol. The van der Waals surface area contributed by atoms with Crippen LogP contribution in [0.4, 0.5) is 14.5 Å². The van der Waals surface area contributed by atoms with Crippen molar-refractivity contribution in [3.05, 3.63) is 64.2 Å². The summed E-state index contributed by atoms with van der Waals surface area (Å²) in [4.78, 5) is 29.9. The van der Waals surface area contributed by atoms with Crippen LogP contribution in [0.25, 0.3) is 0 Å². The molecule has 1 saturated carbocycles. The fourth-order valence-electron chi connectivity index (χ4n) is 5.21. The van der Waals surface area contributed by atoms with E-state index in [1.165, 1.54) is 24.3 Å². The number of anilines is 1. The number of hydrogen-bond acceptors (Lipinski definition) is 3. The lowest BCUT2D eigenvalue weighted by Crippen LogP contribution is -2.54. The minimum atomic E-state index is -0.493. The zero-order valence-corrected chi connectivity index (χ0v) is 20.2. The monoisotopic (exact) mass is 469 g/mol. The van der Waals surface area contributed by atoms with Gasteiger partial charge in [-0.15, -0.1) is 0 Å². The maximum Gasteiger partial charge on any atom is 0.256 e. The van der Waals surface area contributed by atoms with Gasteiger partial charge < -0.3 is 10.2 Å². The average molecular weight is 470 g/mol. The number of piperazine rings is 1. The molecule has 4 rings (SSSR count). The summed E-state index contributed by atoms with van der Waals surface area (Å²) in [5.41, 5.74) is 2.82. The zero-order valence-electron chi connectivity index (χ0n) is 20.2. The van der Waals surface area contributed by atoms with E-state index >= 15 is 0 Å². The number of hydrogen-bond donors (Lipinski definition) is 1. The Morgan fingerprint density at radius 2 is 1.76 bits per heavy atom. The summed E-state index contributed by atoms with van der Waals surface area (Å²) >= 11 is 0. The van der Waals surface area contributed by atoms with Gasteiger partial charge in [-0.1, -0.05) is 18.9 Å². The summed E-state index contributed by atoms with van der Waals surface area (Å²) in [6.45, 7) is 8.31. The first-order valence-electron chi connectivity index (χ1n) is 12.1. The number of nitrogens with zero attached hydrogens (tertiary/aromatic N) is 2. The van der Waals surface area contributed by atoms with Crippen molar-refractivity contribution in [1.82, 2.24) is 9.80 Å². The van der Waals surface area contributed by atoms with Crippen molar-refractivity contribution in [2.24, 2.45) is 5.92 Å². The molecule has 1 unspecified atom stereocenters. The Labute approximate surface area is 200 Å². The Kier molecular flexibility index (Phi) is 7.31. The summed E-state index contributed by atoms with van der Waals surface area (Å²) < 4.78 is 28.1. The van der Waals surface area contributed by atoms with Crippen LogP contribution < -0.4 is 5.32 Å². The lowest BCUT2D eigenvalue weighted by Gasteiger charge is -2.41. The van der Waals surface area contributed by atoms with Crippen LogP contribution >= 0.6 is 0 Å². The van der Waals surface area contributed by atoms with Gasteiger partial charge in [0.1, 0.15) is 11.6 Å². The van der Waals surface area contributed by atoms with Gasteiger partial charge in [0.25, 0.3) is 5.91 Å². The summed E-state index contributed by atoms with van der Waals surface area (Å²) in [7, 11) is 0. The van der Waals surface area contributed by atoms with E-state index in [0.717, 1.165) is 49.9 Å². The molecule has 34 heavy (non-hydrogen) atoms. The third kappa shape index (κ3) is 5.30. The highest BCUT2D eigenvalue weighted by atomic mass is 19.1. The van der Waals surface area contributed by atoms with Crippen LogP contribution in [0.2, 0.25) is 0 Å². The average Bonchev–Trinajstić information content (AvgIpc) is 3.33. The summed E-state index contributed by atoms with van der Waals surface area (Å²) in [5.74, 6) is -0.942. The molecule has 0 aromatic heterocycles. The van der Waals surface area contributed by atoms with Crippen molar-refractivity contribution in [2.45, 2.75) is 59.0 Å². The van der Waals surface area contributed by atoms with Crippen LogP contribution in [-0.4, -0.2) is 47.3 Å². The van der Waals surface area contributed by atoms with E-state index in [-0.39, 0.29) is 23.4 Å². The molecule has 1 saturated heterocycles.